The molecule has 3 heteroatoms. The molecule has 24 heavy (non-hydrogen) atoms. The fraction of sp³-hybridized carbons (Fsp3) is 0.667. The Hall–Kier alpha value is -1.51. The van der Waals surface area contributed by atoms with Gasteiger partial charge in [-0.05, 0) is 93.9 Å². The molecule has 1 aromatic carbocycles. The summed E-state index contributed by atoms with van der Waals surface area (Å²) in [5.41, 5.74) is 0.833. The van der Waals surface area contributed by atoms with Gasteiger partial charge in [-0.2, -0.15) is 0 Å². The van der Waals surface area contributed by atoms with E-state index in [-0.39, 0.29) is 17.6 Å². The molecule has 1 aromatic rings. The van der Waals surface area contributed by atoms with Crippen molar-refractivity contribution in [1.29, 1.82) is 0 Å². The number of carbonyl (C=O) groups is 1. The Labute approximate surface area is 145 Å². The van der Waals surface area contributed by atoms with E-state index in [0.29, 0.717) is 0 Å². The van der Waals surface area contributed by atoms with E-state index < -0.39 is 0 Å². The number of benzene rings is 1. The maximum atomic E-state index is 12.8. The molecule has 1 N–H and O–H groups in total. The second-order valence-electron chi connectivity index (χ2n) is 8.51. The zero-order chi connectivity index (χ0) is 16.7. The van der Waals surface area contributed by atoms with Gasteiger partial charge in [0.05, 0.1) is 6.10 Å². The van der Waals surface area contributed by atoms with Crippen LogP contribution in [0.4, 0.5) is 0 Å². The van der Waals surface area contributed by atoms with Crippen molar-refractivity contribution in [3.8, 4) is 5.75 Å². The molecule has 4 aliphatic rings. The number of rotatable bonds is 5. The fourth-order valence-electron chi connectivity index (χ4n) is 5.58. The van der Waals surface area contributed by atoms with Gasteiger partial charge < -0.3 is 10.1 Å². The summed E-state index contributed by atoms with van der Waals surface area (Å²) >= 11 is 0. The van der Waals surface area contributed by atoms with E-state index in [0.717, 1.165) is 35.5 Å². The Kier molecular flexibility index (Phi) is 4.06. The number of amides is 1. The molecule has 130 valence electrons. The third-order valence-corrected chi connectivity index (χ3v) is 6.45. The summed E-state index contributed by atoms with van der Waals surface area (Å²) in [7, 11) is 0. The average molecular weight is 327 g/mol. The average Bonchev–Trinajstić information content (AvgIpc) is 2.53. The summed E-state index contributed by atoms with van der Waals surface area (Å²) in [6.45, 7) is 4.17. The summed E-state index contributed by atoms with van der Waals surface area (Å²) in [6.07, 6.45) is 8.97. The summed E-state index contributed by atoms with van der Waals surface area (Å²) in [4.78, 5) is 12.8. The van der Waals surface area contributed by atoms with Crippen LogP contribution in [0.5, 0.6) is 5.75 Å². The van der Waals surface area contributed by atoms with Gasteiger partial charge in [-0.1, -0.05) is 6.92 Å². The van der Waals surface area contributed by atoms with Gasteiger partial charge in [-0.3, -0.25) is 4.79 Å². The van der Waals surface area contributed by atoms with Crippen LogP contribution >= 0.6 is 0 Å². The monoisotopic (exact) mass is 327 g/mol. The van der Waals surface area contributed by atoms with Gasteiger partial charge in [0.25, 0.3) is 5.91 Å². The topological polar surface area (TPSA) is 38.3 Å². The molecule has 0 heterocycles. The lowest BCUT2D eigenvalue weighted by molar-refractivity contribution is -0.0167. The number of hydrogen-bond donors (Lipinski definition) is 1. The molecule has 0 saturated heterocycles. The molecule has 0 radical (unpaired) electrons. The van der Waals surface area contributed by atoms with E-state index in [4.69, 9.17) is 4.74 Å². The van der Waals surface area contributed by atoms with Crippen LogP contribution in [-0.4, -0.2) is 17.6 Å². The van der Waals surface area contributed by atoms with Gasteiger partial charge in [0.2, 0.25) is 0 Å². The molecule has 1 atom stereocenters. The molecule has 5 rings (SSSR count). The highest BCUT2D eigenvalue weighted by Gasteiger charge is 2.51. The summed E-state index contributed by atoms with van der Waals surface area (Å²) < 4.78 is 5.80. The molecule has 4 bridgehead atoms. The molecule has 4 saturated carbocycles. The maximum absolute atomic E-state index is 12.8. The highest BCUT2D eigenvalue weighted by molar-refractivity contribution is 5.94. The van der Waals surface area contributed by atoms with Gasteiger partial charge in [0, 0.05) is 11.1 Å². The van der Waals surface area contributed by atoms with Gasteiger partial charge in [-0.25, -0.2) is 0 Å². The van der Waals surface area contributed by atoms with Crippen LogP contribution in [0.3, 0.4) is 0 Å². The predicted molar refractivity (Wildman–Crippen MR) is 95.2 cm³/mol. The molecule has 0 spiro atoms. The quantitative estimate of drug-likeness (QED) is 0.861. The number of ether oxygens (including phenoxy) is 1. The van der Waals surface area contributed by atoms with E-state index in [1.807, 2.05) is 24.3 Å². The first-order valence-corrected chi connectivity index (χ1v) is 9.64. The van der Waals surface area contributed by atoms with Crippen molar-refractivity contribution in [3.63, 3.8) is 0 Å². The van der Waals surface area contributed by atoms with Crippen molar-refractivity contribution in [2.24, 2.45) is 17.8 Å². The van der Waals surface area contributed by atoms with Gasteiger partial charge >= 0.3 is 0 Å². The minimum Gasteiger partial charge on any atom is -0.491 e. The van der Waals surface area contributed by atoms with Gasteiger partial charge in [0.15, 0.2) is 0 Å². The van der Waals surface area contributed by atoms with Gasteiger partial charge in [-0.15, -0.1) is 0 Å². The van der Waals surface area contributed by atoms with Crippen LogP contribution < -0.4 is 10.1 Å². The first kappa shape index (κ1) is 16.0. The SMILES string of the molecule is CC[C@H](C)Oc1ccc(C(=O)NC23CC4CC(CC(C4)C2)C3)cc1. The van der Waals surface area contributed by atoms with Crippen molar-refractivity contribution in [2.45, 2.75) is 70.4 Å². The lowest BCUT2D eigenvalue weighted by atomic mass is 9.53. The van der Waals surface area contributed by atoms with Crippen molar-refractivity contribution < 1.29 is 9.53 Å². The second-order valence-corrected chi connectivity index (χ2v) is 8.51. The van der Waals surface area contributed by atoms with E-state index >= 15 is 0 Å². The maximum Gasteiger partial charge on any atom is 0.251 e. The van der Waals surface area contributed by atoms with Crippen LogP contribution in [0.25, 0.3) is 0 Å². The summed E-state index contributed by atoms with van der Waals surface area (Å²) in [5.74, 6) is 3.48. The van der Waals surface area contributed by atoms with E-state index in [1.165, 1.54) is 38.5 Å². The van der Waals surface area contributed by atoms with Crippen LogP contribution in [0.15, 0.2) is 24.3 Å². The van der Waals surface area contributed by atoms with Crippen molar-refractivity contribution in [2.75, 3.05) is 0 Å². The molecule has 4 aliphatic carbocycles. The molecule has 0 aromatic heterocycles. The Morgan fingerprint density at radius 3 is 2.17 bits per heavy atom. The first-order chi connectivity index (χ1) is 11.5. The van der Waals surface area contributed by atoms with Crippen LogP contribution in [-0.2, 0) is 0 Å². The first-order valence-electron chi connectivity index (χ1n) is 9.64. The Morgan fingerprint density at radius 2 is 1.67 bits per heavy atom. The Bertz CT molecular complexity index is 571. The van der Waals surface area contributed by atoms with Crippen LogP contribution in [0.1, 0.15) is 69.2 Å². The molecule has 1 amide bonds. The van der Waals surface area contributed by atoms with E-state index in [1.54, 1.807) is 0 Å². The third kappa shape index (κ3) is 3.05. The Balaban J connectivity index is 1.43. The lowest BCUT2D eigenvalue weighted by Crippen LogP contribution is -2.59. The summed E-state index contributed by atoms with van der Waals surface area (Å²) in [5, 5.41) is 3.43. The molecular weight excluding hydrogens is 298 g/mol. The van der Waals surface area contributed by atoms with E-state index in [9.17, 15) is 4.79 Å². The largest absolute Gasteiger partial charge is 0.491 e. The fourth-order valence-corrected chi connectivity index (χ4v) is 5.58. The number of nitrogens with one attached hydrogen (secondary N) is 1. The third-order valence-electron chi connectivity index (χ3n) is 6.45. The standard InChI is InChI=1S/C21H29NO2/c1-3-14(2)24-19-6-4-18(5-7-19)20(23)22-21-11-15-8-16(12-21)10-17(9-15)13-21/h4-7,14-17H,3,8-13H2,1-2H3,(H,22,23)/t14-,15?,16?,17?,21?/m0/s1. The zero-order valence-electron chi connectivity index (χ0n) is 14.9. The van der Waals surface area contributed by atoms with Crippen molar-refractivity contribution >= 4 is 5.91 Å². The minimum absolute atomic E-state index is 0.0811. The molecule has 0 aliphatic heterocycles. The number of carbonyl (C=O) groups excluding carboxylic acids is 1. The number of hydrogen-bond acceptors (Lipinski definition) is 2. The van der Waals surface area contributed by atoms with E-state index in [2.05, 4.69) is 19.2 Å². The lowest BCUT2D eigenvalue weighted by Gasteiger charge is -2.56. The van der Waals surface area contributed by atoms with Crippen molar-refractivity contribution in [3.05, 3.63) is 29.8 Å². The second kappa shape index (κ2) is 6.09. The van der Waals surface area contributed by atoms with Crippen molar-refractivity contribution in [1.82, 2.24) is 5.32 Å². The molecule has 3 nitrogen and oxygen atoms in total. The van der Waals surface area contributed by atoms with Gasteiger partial charge in [0.1, 0.15) is 5.75 Å². The molecule has 0 unspecified atom stereocenters. The predicted octanol–water partition coefficient (Wildman–Crippen LogP) is 4.56. The normalized spacial score (nSPS) is 34.8. The highest BCUT2D eigenvalue weighted by atomic mass is 16.5. The van der Waals surface area contributed by atoms with Crippen LogP contribution in [0, 0.1) is 17.8 Å². The highest BCUT2D eigenvalue weighted by Crippen LogP contribution is 2.55. The zero-order valence-corrected chi connectivity index (χ0v) is 14.9. The van der Waals surface area contributed by atoms with Crippen LogP contribution in [0.2, 0.25) is 0 Å². The Morgan fingerprint density at radius 1 is 1.12 bits per heavy atom. The smallest absolute Gasteiger partial charge is 0.251 e. The summed E-state index contributed by atoms with van der Waals surface area (Å²) in [6, 6.07) is 7.63. The molecular formula is C21H29NO2. The molecule has 4 fully saturated rings. The minimum atomic E-state index is 0.0811.